The summed E-state index contributed by atoms with van der Waals surface area (Å²) in [7, 11) is 1.42. The molecule has 2 N–H and O–H groups in total. The standard InChI is InChI=1S/C14H16N2O2S/c1-18-13(17)7-14(4-5-14)9-19-12-3-2-11(16)6-10(12)8-15/h2-3,6H,4-5,7,9,16H2,1H3. The van der Waals surface area contributed by atoms with E-state index in [2.05, 4.69) is 6.07 Å². The number of nitriles is 1. The van der Waals surface area contributed by atoms with Crippen molar-refractivity contribution in [3.63, 3.8) is 0 Å². The second-order valence-corrected chi connectivity index (χ2v) is 5.93. The van der Waals surface area contributed by atoms with E-state index in [0.717, 1.165) is 23.5 Å². The SMILES string of the molecule is COC(=O)CC1(CSc2ccc(N)cc2C#N)CC1. The number of hydrogen-bond donors (Lipinski definition) is 1. The molecule has 0 spiro atoms. The number of nitrogens with zero attached hydrogens (tertiary/aromatic N) is 1. The number of nitrogens with two attached hydrogens (primary N) is 1. The molecule has 0 unspecified atom stereocenters. The number of esters is 1. The Morgan fingerprint density at radius 3 is 2.89 bits per heavy atom. The number of methoxy groups -OCH3 is 1. The van der Waals surface area contributed by atoms with E-state index in [1.807, 2.05) is 6.07 Å². The van der Waals surface area contributed by atoms with Crippen LogP contribution in [0.4, 0.5) is 5.69 Å². The number of thioether (sulfide) groups is 1. The summed E-state index contributed by atoms with van der Waals surface area (Å²) in [4.78, 5) is 12.3. The molecule has 4 nitrogen and oxygen atoms in total. The number of anilines is 1. The van der Waals surface area contributed by atoms with Crippen molar-refractivity contribution in [3.05, 3.63) is 23.8 Å². The molecule has 0 radical (unpaired) electrons. The van der Waals surface area contributed by atoms with Crippen LogP contribution in [-0.2, 0) is 9.53 Å². The first-order chi connectivity index (χ1) is 9.08. The molecular formula is C14H16N2O2S. The Labute approximate surface area is 116 Å². The van der Waals surface area contributed by atoms with Gasteiger partial charge in [0, 0.05) is 16.3 Å². The molecule has 1 aromatic carbocycles. The van der Waals surface area contributed by atoms with Gasteiger partial charge in [-0.3, -0.25) is 4.79 Å². The molecular weight excluding hydrogens is 260 g/mol. The highest BCUT2D eigenvalue weighted by Gasteiger charge is 2.44. The first-order valence-electron chi connectivity index (χ1n) is 6.08. The van der Waals surface area contributed by atoms with Gasteiger partial charge in [0.15, 0.2) is 0 Å². The monoisotopic (exact) mass is 276 g/mol. The number of rotatable bonds is 5. The zero-order valence-corrected chi connectivity index (χ0v) is 11.6. The molecule has 1 aromatic rings. The molecule has 0 amide bonds. The van der Waals surface area contributed by atoms with Crippen LogP contribution < -0.4 is 5.73 Å². The van der Waals surface area contributed by atoms with Crippen LogP contribution in [0.5, 0.6) is 0 Å². The van der Waals surface area contributed by atoms with E-state index in [-0.39, 0.29) is 11.4 Å². The van der Waals surface area contributed by atoms with Crippen LogP contribution in [0.3, 0.4) is 0 Å². The van der Waals surface area contributed by atoms with Crippen LogP contribution in [0.25, 0.3) is 0 Å². The fourth-order valence-electron chi connectivity index (χ4n) is 1.92. The van der Waals surface area contributed by atoms with Gasteiger partial charge >= 0.3 is 5.97 Å². The van der Waals surface area contributed by atoms with Gasteiger partial charge in [0.1, 0.15) is 6.07 Å². The average molecular weight is 276 g/mol. The van der Waals surface area contributed by atoms with Gasteiger partial charge in [0.25, 0.3) is 0 Å². The number of benzene rings is 1. The van der Waals surface area contributed by atoms with Crippen LogP contribution in [0.1, 0.15) is 24.8 Å². The molecule has 1 aliphatic carbocycles. The lowest BCUT2D eigenvalue weighted by molar-refractivity contribution is -0.141. The van der Waals surface area contributed by atoms with E-state index in [1.165, 1.54) is 7.11 Å². The molecule has 1 saturated carbocycles. The summed E-state index contributed by atoms with van der Waals surface area (Å²) in [5.41, 5.74) is 6.91. The van der Waals surface area contributed by atoms with Crippen molar-refractivity contribution in [3.8, 4) is 6.07 Å². The molecule has 1 aliphatic rings. The van der Waals surface area contributed by atoms with Crippen molar-refractivity contribution in [1.82, 2.24) is 0 Å². The molecule has 19 heavy (non-hydrogen) atoms. The van der Waals surface area contributed by atoms with Crippen LogP contribution in [0.2, 0.25) is 0 Å². The minimum absolute atomic E-state index is 0.0614. The molecule has 1 fully saturated rings. The highest BCUT2D eigenvalue weighted by molar-refractivity contribution is 7.99. The first-order valence-corrected chi connectivity index (χ1v) is 7.06. The molecule has 0 heterocycles. The number of nitrogen functional groups attached to an aromatic ring is 1. The number of carbonyl (C=O) groups is 1. The van der Waals surface area contributed by atoms with Gasteiger partial charge in [-0.25, -0.2) is 0 Å². The molecule has 5 heteroatoms. The lowest BCUT2D eigenvalue weighted by atomic mass is 10.1. The topological polar surface area (TPSA) is 76.1 Å². The molecule has 2 rings (SSSR count). The highest BCUT2D eigenvalue weighted by Crippen LogP contribution is 2.52. The summed E-state index contributed by atoms with van der Waals surface area (Å²) in [6.07, 6.45) is 2.56. The number of hydrogen-bond acceptors (Lipinski definition) is 5. The van der Waals surface area contributed by atoms with E-state index < -0.39 is 0 Å². The van der Waals surface area contributed by atoms with Gasteiger partial charge < -0.3 is 10.5 Å². The summed E-state index contributed by atoms with van der Waals surface area (Å²) in [6, 6.07) is 7.50. The predicted octanol–water partition coefficient (Wildman–Crippen LogP) is 2.58. The number of carbonyl (C=O) groups excluding carboxylic acids is 1. The fraction of sp³-hybridized carbons (Fsp3) is 0.429. The lowest BCUT2D eigenvalue weighted by Gasteiger charge is -2.13. The Morgan fingerprint density at radius 2 is 2.32 bits per heavy atom. The third-order valence-electron chi connectivity index (χ3n) is 3.36. The fourth-order valence-corrected chi connectivity index (χ4v) is 3.20. The molecule has 0 saturated heterocycles. The van der Waals surface area contributed by atoms with Crippen LogP contribution in [0, 0.1) is 16.7 Å². The van der Waals surface area contributed by atoms with Gasteiger partial charge in [0.2, 0.25) is 0 Å². The van der Waals surface area contributed by atoms with Crippen molar-refractivity contribution < 1.29 is 9.53 Å². The average Bonchev–Trinajstić information content (AvgIpc) is 3.17. The summed E-state index contributed by atoms with van der Waals surface area (Å²) in [5.74, 6) is 0.677. The third-order valence-corrected chi connectivity index (χ3v) is 4.79. The second-order valence-electron chi connectivity index (χ2n) is 4.91. The minimum atomic E-state index is -0.157. The summed E-state index contributed by atoms with van der Waals surface area (Å²) in [5, 5.41) is 9.08. The van der Waals surface area contributed by atoms with Gasteiger partial charge in [-0.05, 0) is 36.5 Å². The normalized spacial score (nSPS) is 15.6. The molecule has 0 aromatic heterocycles. The summed E-state index contributed by atoms with van der Waals surface area (Å²) < 4.78 is 4.72. The number of ether oxygens (including phenoxy) is 1. The van der Waals surface area contributed by atoms with Gasteiger partial charge in [-0.15, -0.1) is 11.8 Å². The van der Waals surface area contributed by atoms with Gasteiger partial charge in [-0.2, -0.15) is 5.26 Å². The largest absolute Gasteiger partial charge is 0.469 e. The Bertz CT molecular complexity index is 533. The van der Waals surface area contributed by atoms with E-state index in [9.17, 15) is 4.79 Å². The highest BCUT2D eigenvalue weighted by atomic mass is 32.2. The van der Waals surface area contributed by atoms with Crippen LogP contribution >= 0.6 is 11.8 Å². The summed E-state index contributed by atoms with van der Waals surface area (Å²) in [6.45, 7) is 0. The van der Waals surface area contributed by atoms with E-state index in [0.29, 0.717) is 17.7 Å². The Morgan fingerprint density at radius 1 is 1.58 bits per heavy atom. The van der Waals surface area contributed by atoms with Crippen molar-refractivity contribution in [2.45, 2.75) is 24.2 Å². The second kappa shape index (κ2) is 5.54. The zero-order chi connectivity index (χ0) is 13.9. The quantitative estimate of drug-likeness (QED) is 0.508. The Hall–Kier alpha value is -1.67. The molecule has 100 valence electrons. The van der Waals surface area contributed by atoms with Crippen LogP contribution in [-0.4, -0.2) is 18.8 Å². The van der Waals surface area contributed by atoms with E-state index in [4.69, 9.17) is 15.7 Å². The summed E-state index contributed by atoms with van der Waals surface area (Å²) >= 11 is 1.62. The van der Waals surface area contributed by atoms with Crippen molar-refractivity contribution >= 4 is 23.4 Å². The Kier molecular flexibility index (Phi) is 4.01. The lowest BCUT2D eigenvalue weighted by Crippen LogP contribution is -2.13. The van der Waals surface area contributed by atoms with Gasteiger partial charge in [-0.1, -0.05) is 0 Å². The van der Waals surface area contributed by atoms with Crippen molar-refractivity contribution in [1.29, 1.82) is 5.26 Å². The maximum atomic E-state index is 11.3. The maximum Gasteiger partial charge on any atom is 0.306 e. The van der Waals surface area contributed by atoms with Crippen LogP contribution in [0.15, 0.2) is 23.1 Å². The molecule has 0 atom stereocenters. The Balaban J connectivity index is 2.00. The van der Waals surface area contributed by atoms with E-state index in [1.54, 1.807) is 23.9 Å². The molecule has 0 bridgehead atoms. The maximum absolute atomic E-state index is 11.3. The first kappa shape index (κ1) is 13.8. The molecule has 0 aliphatic heterocycles. The smallest absolute Gasteiger partial charge is 0.306 e. The zero-order valence-electron chi connectivity index (χ0n) is 10.8. The third kappa shape index (κ3) is 3.42. The predicted molar refractivity (Wildman–Crippen MR) is 74.6 cm³/mol. The van der Waals surface area contributed by atoms with Crippen molar-refractivity contribution in [2.75, 3.05) is 18.6 Å². The minimum Gasteiger partial charge on any atom is -0.469 e. The van der Waals surface area contributed by atoms with Gasteiger partial charge in [0.05, 0.1) is 19.1 Å². The van der Waals surface area contributed by atoms with Crippen molar-refractivity contribution in [2.24, 2.45) is 5.41 Å². The van der Waals surface area contributed by atoms with E-state index >= 15 is 0 Å².